The van der Waals surface area contributed by atoms with Crippen LogP contribution in [0.1, 0.15) is 49.0 Å². The summed E-state index contributed by atoms with van der Waals surface area (Å²) in [4.78, 5) is 14.3. The number of amides is 1. The second-order valence-corrected chi connectivity index (χ2v) is 8.00. The molecule has 166 valence electrons. The lowest BCUT2D eigenvalue weighted by Crippen LogP contribution is -2.35. The number of hydrogen-bond acceptors (Lipinski definition) is 3. The summed E-state index contributed by atoms with van der Waals surface area (Å²) in [5.74, 6) is -0.294. The first-order valence-electron chi connectivity index (χ1n) is 10.3. The number of nitrogens with zero attached hydrogens (tertiary/aromatic N) is 1. The smallest absolute Gasteiger partial charge is 0.406 e. The van der Waals surface area contributed by atoms with Crippen LogP contribution < -0.4 is 4.74 Å². The van der Waals surface area contributed by atoms with Gasteiger partial charge in [0.2, 0.25) is 5.91 Å². The zero-order chi connectivity index (χ0) is 22.0. The molecule has 1 saturated carbocycles. The molecular weight excluding hydrogens is 414 g/mol. The van der Waals surface area contributed by atoms with Crippen LogP contribution in [0, 0.1) is 11.7 Å². The Hall–Kier alpha value is -2.61. The number of benzene rings is 2. The van der Waals surface area contributed by atoms with Crippen LogP contribution in [0.3, 0.4) is 0 Å². The first kappa shape index (κ1) is 21.6. The van der Waals surface area contributed by atoms with E-state index in [1.165, 1.54) is 36.4 Å². The molecule has 1 amide bonds. The quantitative estimate of drug-likeness (QED) is 0.508. The second kappa shape index (κ2) is 8.86. The van der Waals surface area contributed by atoms with E-state index in [0.29, 0.717) is 43.0 Å². The molecule has 8 heteroatoms. The standard InChI is InChI=1S/C23H23F4NO3/c24-18-9-5-16(6-10-18)21(28-13-1-2-20(28)29)22(30-14-15-3-4-15)17-7-11-19(12-8-17)31-23(25,26)27/h5-12,15,21-22H,1-4,13-14H2/t21-,22+/m0/s1. The zero-order valence-corrected chi connectivity index (χ0v) is 16.8. The molecule has 0 bridgehead atoms. The van der Waals surface area contributed by atoms with Crippen molar-refractivity contribution in [1.82, 2.24) is 4.90 Å². The SMILES string of the molecule is O=C1CCCN1[C@@H](c1ccc(F)cc1)[C@H](OCC1CC1)c1ccc(OC(F)(F)F)cc1. The predicted octanol–water partition coefficient (Wildman–Crippen LogP) is 5.56. The summed E-state index contributed by atoms with van der Waals surface area (Å²) in [5, 5.41) is 0. The van der Waals surface area contributed by atoms with Gasteiger partial charge in [-0.2, -0.15) is 0 Å². The van der Waals surface area contributed by atoms with Gasteiger partial charge >= 0.3 is 6.36 Å². The van der Waals surface area contributed by atoms with Gasteiger partial charge in [0, 0.05) is 13.0 Å². The van der Waals surface area contributed by atoms with Crippen molar-refractivity contribution in [3.63, 3.8) is 0 Å². The van der Waals surface area contributed by atoms with Crippen LogP contribution in [0.4, 0.5) is 17.6 Å². The fourth-order valence-electron chi connectivity index (χ4n) is 3.89. The number of rotatable bonds is 8. The van der Waals surface area contributed by atoms with Gasteiger partial charge in [-0.05, 0) is 60.6 Å². The molecule has 1 heterocycles. The van der Waals surface area contributed by atoms with Gasteiger partial charge in [-0.3, -0.25) is 4.79 Å². The van der Waals surface area contributed by atoms with Crippen molar-refractivity contribution in [2.75, 3.05) is 13.2 Å². The highest BCUT2D eigenvalue weighted by Gasteiger charge is 2.37. The van der Waals surface area contributed by atoms with Gasteiger partial charge < -0.3 is 14.4 Å². The third kappa shape index (κ3) is 5.55. The summed E-state index contributed by atoms with van der Waals surface area (Å²) in [6.45, 7) is 1.03. The summed E-state index contributed by atoms with van der Waals surface area (Å²) < 4.78 is 61.3. The fraction of sp³-hybridized carbons (Fsp3) is 0.435. The minimum atomic E-state index is -4.78. The molecule has 4 rings (SSSR count). The molecular formula is C23H23F4NO3. The summed E-state index contributed by atoms with van der Waals surface area (Å²) in [6.07, 6.45) is -2.12. The molecule has 0 radical (unpaired) electrons. The molecule has 2 aromatic carbocycles. The van der Waals surface area contributed by atoms with Gasteiger partial charge in [0.1, 0.15) is 17.7 Å². The third-order valence-corrected chi connectivity index (χ3v) is 5.59. The van der Waals surface area contributed by atoms with E-state index in [0.717, 1.165) is 12.8 Å². The number of carbonyl (C=O) groups is 1. The van der Waals surface area contributed by atoms with Crippen molar-refractivity contribution in [2.24, 2.45) is 5.92 Å². The molecule has 1 saturated heterocycles. The predicted molar refractivity (Wildman–Crippen MR) is 105 cm³/mol. The number of hydrogen-bond donors (Lipinski definition) is 0. The first-order chi connectivity index (χ1) is 14.8. The van der Waals surface area contributed by atoms with Crippen LogP contribution in [0.25, 0.3) is 0 Å². The number of halogens is 4. The lowest BCUT2D eigenvalue weighted by molar-refractivity contribution is -0.274. The Morgan fingerprint density at radius 1 is 1.00 bits per heavy atom. The van der Waals surface area contributed by atoms with Crippen LogP contribution in [0.5, 0.6) is 5.75 Å². The van der Waals surface area contributed by atoms with E-state index in [1.54, 1.807) is 17.0 Å². The van der Waals surface area contributed by atoms with E-state index in [2.05, 4.69) is 4.74 Å². The van der Waals surface area contributed by atoms with E-state index in [9.17, 15) is 22.4 Å². The molecule has 4 nitrogen and oxygen atoms in total. The first-order valence-corrected chi connectivity index (χ1v) is 10.3. The van der Waals surface area contributed by atoms with Gasteiger partial charge in [0.05, 0.1) is 12.6 Å². The Morgan fingerprint density at radius 3 is 2.19 bits per heavy atom. The average molecular weight is 437 g/mol. The molecule has 1 aliphatic heterocycles. The molecule has 0 unspecified atom stereocenters. The Kier molecular flexibility index (Phi) is 6.18. The Bertz CT molecular complexity index is 895. The topological polar surface area (TPSA) is 38.8 Å². The maximum absolute atomic E-state index is 13.6. The second-order valence-electron chi connectivity index (χ2n) is 8.00. The van der Waals surface area contributed by atoms with Gasteiger partial charge in [-0.15, -0.1) is 13.2 Å². The number of likely N-dealkylation sites (tertiary alicyclic amines) is 1. The number of carbonyl (C=O) groups excluding carboxylic acids is 1. The Balaban J connectivity index is 1.68. The Labute approximate surface area is 177 Å². The molecule has 2 aliphatic rings. The van der Waals surface area contributed by atoms with Crippen molar-refractivity contribution in [3.05, 3.63) is 65.5 Å². The average Bonchev–Trinajstić information content (AvgIpc) is 3.45. The normalized spacial score (nSPS) is 18.8. The summed E-state index contributed by atoms with van der Waals surface area (Å²) in [5.41, 5.74) is 1.34. The van der Waals surface area contributed by atoms with Gasteiger partial charge in [0.15, 0.2) is 0 Å². The van der Waals surface area contributed by atoms with Crippen molar-refractivity contribution >= 4 is 5.91 Å². The third-order valence-electron chi connectivity index (χ3n) is 5.59. The fourth-order valence-corrected chi connectivity index (χ4v) is 3.89. The van der Waals surface area contributed by atoms with Crippen LogP contribution in [-0.4, -0.2) is 30.3 Å². The molecule has 1 aliphatic carbocycles. The van der Waals surface area contributed by atoms with Crippen LogP contribution in [-0.2, 0) is 9.53 Å². The highest BCUT2D eigenvalue weighted by molar-refractivity contribution is 5.78. The van der Waals surface area contributed by atoms with Gasteiger partial charge in [0.25, 0.3) is 0 Å². The van der Waals surface area contributed by atoms with Gasteiger partial charge in [-0.1, -0.05) is 24.3 Å². The summed E-state index contributed by atoms with van der Waals surface area (Å²) >= 11 is 0. The molecule has 31 heavy (non-hydrogen) atoms. The van der Waals surface area contributed by atoms with Crippen molar-refractivity contribution in [3.8, 4) is 5.75 Å². The maximum Gasteiger partial charge on any atom is 0.573 e. The molecule has 0 N–H and O–H groups in total. The highest BCUT2D eigenvalue weighted by atomic mass is 19.4. The molecule has 2 aromatic rings. The Morgan fingerprint density at radius 2 is 1.65 bits per heavy atom. The lowest BCUT2D eigenvalue weighted by atomic mass is 9.94. The monoisotopic (exact) mass is 437 g/mol. The minimum Gasteiger partial charge on any atom is -0.406 e. The van der Waals surface area contributed by atoms with E-state index < -0.39 is 18.5 Å². The van der Waals surface area contributed by atoms with Crippen molar-refractivity contribution in [2.45, 2.75) is 44.2 Å². The number of ether oxygens (including phenoxy) is 2. The van der Waals surface area contributed by atoms with E-state index in [-0.39, 0.29) is 17.5 Å². The largest absolute Gasteiger partial charge is 0.573 e. The van der Waals surface area contributed by atoms with Crippen LogP contribution in [0.2, 0.25) is 0 Å². The molecule has 2 fully saturated rings. The zero-order valence-electron chi connectivity index (χ0n) is 16.8. The molecule has 0 spiro atoms. The summed E-state index contributed by atoms with van der Waals surface area (Å²) in [6, 6.07) is 10.9. The summed E-state index contributed by atoms with van der Waals surface area (Å²) in [7, 11) is 0. The van der Waals surface area contributed by atoms with Crippen LogP contribution >= 0.6 is 0 Å². The number of alkyl halides is 3. The molecule has 2 atom stereocenters. The van der Waals surface area contributed by atoms with Gasteiger partial charge in [-0.25, -0.2) is 4.39 Å². The van der Waals surface area contributed by atoms with E-state index in [4.69, 9.17) is 4.74 Å². The van der Waals surface area contributed by atoms with Crippen molar-refractivity contribution < 1.29 is 31.8 Å². The van der Waals surface area contributed by atoms with Crippen molar-refractivity contribution in [1.29, 1.82) is 0 Å². The van der Waals surface area contributed by atoms with E-state index in [1.807, 2.05) is 0 Å². The minimum absolute atomic E-state index is 0.0219. The maximum atomic E-state index is 13.6. The van der Waals surface area contributed by atoms with Crippen LogP contribution in [0.15, 0.2) is 48.5 Å². The molecule has 0 aromatic heterocycles. The lowest BCUT2D eigenvalue weighted by Gasteiger charge is -2.35. The van der Waals surface area contributed by atoms with E-state index >= 15 is 0 Å². The highest BCUT2D eigenvalue weighted by Crippen LogP contribution is 2.41.